The molecule has 0 aromatic heterocycles. The fraction of sp³-hybridized carbons (Fsp3) is 0.800. The number of ether oxygens (including phenoxy) is 1. The third-order valence-corrected chi connectivity index (χ3v) is 1.34. The Bertz CT molecular complexity index is 228. The van der Waals surface area contributed by atoms with Crippen molar-refractivity contribution >= 4 is 6.09 Å². The molecule has 80 valence electrons. The number of nitrogens with zero attached hydrogens (tertiary/aromatic N) is 2. The van der Waals surface area contributed by atoms with Gasteiger partial charge in [0.25, 0.3) is 0 Å². The van der Waals surface area contributed by atoms with Crippen LogP contribution in [0.3, 0.4) is 0 Å². The van der Waals surface area contributed by atoms with E-state index in [2.05, 4.69) is 10.1 Å². The van der Waals surface area contributed by atoms with E-state index in [4.69, 9.17) is 0 Å². The Hall–Kier alpha value is -1.93. The van der Waals surface area contributed by atoms with Gasteiger partial charge in [-0.15, -0.1) is 0 Å². The Labute approximate surface area is 78.3 Å². The largest absolute Gasteiger partial charge is 0.453 e. The maximum atomic E-state index is 10.5. The lowest BCUT2D eigenvalue weighted by Crippen LogP contribution is -2.34. The molecule has 0 aliphatic heterocycles. The summed E-state index contributed by atoms with van der Waals surface area (Å²) in [5.41, 5.74) is 0. The van der Waals surface area contributed by atoms with Gasteiger partial charge in [-0.2, -0.15) is 0 Å². The minimum Gasteiger partial charge on any atom is -0.453 e. The molecule has 0 radical (unpaired) electrons. The maximum absolute atomic E-state index is 10.5. The van der Waals surface area contributed by atoms with Crippen molar-refractivity contribution in [3.8, 4) is 0 Å². The van der Waals surface area contributed by atoms with E-state index >= 15 is 0 Å². The van der Waals surface area contributed by atoms with Crippen molar-refractivity contribution in [1.29, 1.82) is 0 Å². The van der Waals surface area contributed by atoms with Gasteiger partial charge in [-0.25, -0.2) is 4.79 Å². The van der Waals surface area contributed by atoms with E-state index < -0.39 is 22.1 Å². The van der Waals surface area contributed by atoms with Crippen LogP contribution in [0.1, 0.15) is 6.42 Å². The van der Waals surface area contributed by atoms with Crippen molar-refractivity contribution in [2.75, 3.05) is 13.7 Å². The van der Waals surface area contributed by atoms with Crippen LogP contribution in [0.25, 0.3) is 0 Å². The molecule has 1 N–H and O–H groups in total. The molecule has 0 bridgehead atoms. The number of carbonyl (C=O) groups is 1. The molecular formula is C5H9N3O6. The number of rotatable bonds is 5. The zero-order valence-corrected chi connectivity index (χ0v) is 7.34. The second-order valence-corrected chi connectivity index (χ2v) is 2.26. The highest BCUT2D eigenvalue weighted by Gasteiger charge is 2.31. The first kappa shape index (κ1) is 12.1. The number of carbonyl (C=O) groups excluding carboxylic acids is 1. The number of methoxy groups -OCH3 is 1. The van der Waals surface area contributed by atoms with Crippen molar-refractivity contribution in [3.05, 3.63) is 20.2 Å². The van der Waals surface area contributed by atoms with E-state index in [-0.39, 0.29) is 13.0 Å². The molecule has 0 saturated heterocycles. The standard InChI is InChI=1S/C5H9N3O6/c1-14-5(9)6-3-2-4(7(10)11)8(12)13/h4H,2-3H2,1H3,(H,6,9). The van der Waals surface area contributed by atoms with Crippen LogP contribution >= 0.6 is 0 Å². The first-order chi connectivity index (χ1) is 6.49. The van der Waals surface area contributed by atoms with Gasteiger partial charge in [0.05, 0.1) is 17.0 Å². The molecule has 0 aliphatic rings. The summed E-state index contributed by atoms with van der Waals surface area (Å²) in [6.07, 6.45) is -3.06. The molecule has 0 fully saturated rings. The molecule has 0 heterocycles. The fourth-order valence-electron chi connectivity index (χ4n) is 0.663. The number of nitro groups is 2. The van der Waals surface area contributed by atoms with Crippen LogP contribution in [0, 0.1) is 20.2 Å². The first-order valence-electron chi connectivity index (χ1n) is 3.57. The van der Waals surface area contributed by atoms with Gasteiger partial charge in [0, 0.05) is 6.54 Å². The third-order valence-electron chi connectivity index (χ3n) is 1.34. The lowest BCUT2D eigenvalue weighted by Gasteiger charge is -2.03. The monoisotopic (exact) mass is 207 g/mol. The minimum atomic E-state index is -1.90. The van der Waals surface area contributed by atoms with Crippen molar-refractivity contribution < 1.29 is 19.4 Å². The molecule has 0 atom stereocenters. The quantitative estimate of drug-likeness (QED) is 0.372. The molecule has 9 heteroatoms. The van der Waals surface area contributed by atoms with E-state index in [1.807, 2.05) is 0 Å². The molecule has 0 aromatic carbocycles. The highest BCUT2D eigenvalue weighted by atomic mass is 16.7. The molecule has 0 aliphatic carbocycles. The highest BCUT2D eigenvalue weighted by molar-refractivity contribution is 5.66. The number of nitrogens with one attached hydrogen (secondary N) is 1. The van der Waals surface area contributed by atoms with Gasteiger partial charge in [-0.3, -0.25) is 20.2 Å². The highest BCUT2D eigenvalue weighted by Crippen LogP contribution is 1.96. The molecule has 1 amide bonds. The summed E-state index contributed by atoms with van der Waals surface area (Å²) in [5.74, 6) is 0. The van der Waals surface area contributed by atoms with Gasteiger partial charge < -0.3 is 10.1 Å². The van der Waals surface area contributed by atoms with Gasteiger partial charge in [0.1, 0.15) is 6.42 Å². The Morgan fingerprint density at radius 1 is 1.43 bits per heavy atom. The molecule has 0 spiro atoms. The molecule has 9 nitrogen and oxygen atoms in total. The molecule has 0 aromatic rings. The number of amides is 1. The normalized spacial score (nSPS) is 9.57. The van der Waals surface area contributed by atoms with Crippen molar-refractivity contribution in [2.45, 2.75) is 12.6 Å². The first-order valence-corrected chi connectivity index (χ1v) is 3.57. The lowest BCUT2D eigenvalue weighted by atomic mass is 10.3. The average molecular weight is 207 g/mol. The van der Waals surface area contributed by atoms with Gasteiger partial charge in [-0.1, -0.05) is 0 Å². The molecule has 0 unspecified atom stereocenters. The Kier molecular flexibility index (Phi) is 4.89. The molecular weight excluding hydrogens is 198 g/mol. The van der Waals surface area contributed by atoms with Crippen LogP contribution in [0.2, 0.25) is 0 Å². The second kappa shape index (κ2) is 5.67. The molecule has 0 saturated carbocycles. The zero-order valence-electron chi connectivity index (χ0n) is 7.34. The summed E-state index contributed by atoms with van der Waals surface area (Å²) in [6.45, 7) is -0.181. The summed E-state index contributed by atoms with van der Waals surface area (Å²) in [5, 5.41) is 22.3. The van der Waals surface area contributed by atoms with Crippen LogP contribution < -0.4 is 5.32 Å². The van der Waals surface area contributed by atoms with E-state index in [0.29, 0.717) is 0 Å². The zero-order chi connectivity index (χ0) is 11.1. The fourth-order valence-corrected chi connectivity index (χ4v) is 0.663. The van der Waals surface area contributed by atoms with E-state index in [9.17, 15) is 25.0 Å². The summed E-state index contributed by atoms with van der Waals surface area (Å²) in [7, 11) is 1.12. The molecule has 14 heavy (non-hydrogen) atoms. The van der Waals surface area contributed by atoms with Crippen molar-refractivity contribution in [1.82, 2.24) is 5.32 Å². The lowest BCUT2D eigenvalue weighted by molar-refractivity contribution is -0.742. The Balaban J connectivity index is 3.90. The third kappa shape index (κ3) is 4.18. The minimum absolute atomic E-state index is 0.181. The van der Waals surface area contributed by atoms with Crippen molar-refractivity contribution in [2.24, 2.45) is 0 Å². The van der Waals surface area contributed by atoms with Gasteiger partial charge in [0.2, 0.25) is 0 Å². The van der Waals surface area contributed by atoms with Gasteiger partial charge >= 0.3 is 12.3 Å². The van der Waals surface area contributed by atoms with Crippen LogP contribution in [-0.2, 0) is 4.74 Å². The van der Waals surface area contributed by atoms with Gasteiger partial charge in [0.15, 0.2) is 0 Å². The smallest absolute Gasteiger partial charge is 0.452 e. The number of hydrogen-bond acceptors (Lipinski definition) is 6. The summed E-state index contributed by atoms with van der Waals surface area (Å²) in [4.78, 5) is 28.6. The summed E-state index contributed by atoms with van der Waals surface area (Å²) < 4.78 is 4.16. The SMILES string of the molecule is COC(=O)NCCC([N+](=O)[O-])[N+](=O)[O-]. The van der Waals surface area contributed by atoms with E-state index in [1.54, 1.807) is 0 Å². The maximum Gasteiger partial charge on any atom is 0.452 e. The van der Waals surface area contributed by atoms with Gasteiger partial charge in [-0.05, 0) is 0 Å². The van der Waals surface area contributed by atoms with Crippen LogP contribution in [0.5, 0.6) is 0 Å². The van der Waals surface area contributed by atoms with Crippen LogP contribution in [-0.4, -0.2) is 35.8 Å². The summed E-state index contributed by atoms with van der Waals surface area (Å²) in [6, 6.07) is 0. The predicted octanol–water partition coefficient (Wildman–Crippen LogP) is -0.388. The summed E-state index contributed by atoms with van der Waals surface area (Å²) >= 11 is 0. The number of alkyl carbamates (subject to hydrolysis) is 1. The second-order valence-electron chi connectivity index (χ2n) is 2.26. The number of hydrogen-bond donors (Lipinski definition) is 1. The average Bonchev–Trinajstić information content (AvgIpc) is 2.10. The van der Waals surface area contributed by atoms with Crippen LogP contribution in [0.4, 0.5) is 4.79 Å². The Morgan fingerprint density at radius 2 is 1.93 bits per heavy atom. The Morgan fingerprint density at radius 3 is 2.29 bits per heavy atom. The van der Waals surface area contributed by atoms with E-state index in [1.165, 1.54) is 0 Å². The predicted molar refractivity (Wildman–Crippen MR) is 42.8 cm³/mol. The topological polar surface area (TPSA) is 125 Å². The van der Waals surface area contributed by atoms with Crippen LogP contribution in [0.15, 0.2) is 0 Å². The van der Waals surface area contributed by atoms with E-state index in [0.717, 1.165) is 7.11 Å². The molecule has 0 rings (SSSR count). The van der Waals surface area contributed by atoms with Crippen molar-refractivity contribution in [3.63, 3.8) is 0 Å².